The van der Waals surface area contributed by atoms with Crippen LogP contribution in [0, 0.1) is 0 Å². The Morgan fingerprint density at radius 2 is 1.75 bits per heavy atom. The van der Waals surface area contributed by atoms with Gasteiger partial charge in [-0.1, -0.05) is 31.3 Å². The zero-order valence-corrected chi connectivity index (χ0v) is 8.67. The maximum atomic E-state index is 9.04. The Labute approximate surface area is 75.7 Å². The Kier molecular flexibility index (Phi) is 3.35. The van der Waals surface area contributed by atoms with E-state index >= 15 is 0 Å². The molecular weight excluding hydrogens is 164 g/mol. The van der Waals surface area contributed by atoms with Crippen molar-refractivity contribution in [3.8, 4) is 5.75 Å². The van der Waals surface area contributed by atoms with Crippen LogP contribution in [0.3, 0.4) is 0 Å². The number of aryl methyl sites for hydroxylation is 1. The maximum absolute atomic E-state index is 9.04. The van der Waals surface area contributed by atoms with Crippen molar-refractivity contribution in [2.24, 2.45) is 0 Å². The van der Waals surface area contributed by atoms with Gasteiger partial charge in [-0.3, -0.25) is 0 Å². The molecule has 1 nitrogen and oxygen atoms in total. The van der Waals surface area contributed by atoms with E-state index in [1.165, 1.54) is 11.6 Å². The minimum atomic E-state index is -0.105. The van der Waals surface area contributed by atoms with Gasteiger partial charge in [0.05, 0.1) is 0 Å². The molecule has 0 aliphatic carbocycles. The molecule has 1 rings (SSSR count). The van der Waals surface area contributed by atoms with Crippen molar-refractivity contribution in [1.82, 2.24) is 0 Å². The molecule has 12 heavy (non-hydrogen) atoms. The summed E-state index contributed by atoms with van der Waals surface area (Å²) in [6.07, 6.45) is 1.15. The molecule has 65 valence electrons. The van der Waals surface area contributed by atoms with Gasteiger partial charge in [-0.05, 0) is 24.1 Å². The van der Waals surface area contributed by atoms with E-state index in [0.717, 1.165) is 6.42 Å². The smallest absolute Gasteiger partial charge is 0.115 e. The van der Waals surface area contributed by atoms with Crippen LogP contribution >= 0.6 is 0 Å². The van der Waals surface area contributed by atoms with E-state index in [9.17, 15) is 0 Å². The lowest BCUT2D eigenvalue weighted by Gasteiger charge is -2.02. The first-order chi connectivity index (χ1) is 5.68. The zero-order chi connectivity index (χ0) is 8.97. The predicted molar refractivity (Wildman–Crippen MR) is 54.1 cm³/mol. The number of phenolic OH excluding ortho intramolecular Hbond substituents is 1. The fourth-order valence-corrected chi connectivity index (χ4v) is 1.85. The summed E-state index contributed by atoms with van der Waals surface area (Å²) in [5.41, 5.74) is 1.33. The molecule has 0 saturated carbocycles. The largest absolute Gasteiger partial charge is 0.508 e. The molecule has 0 atom stereocenters. The van der Waals surface area contributed by atoms with Crippen LogP contribution in [0.25, 0.3) is 0 Å². The summed E-state index contributed by atoms with van der Waals surface area (Å²) in [6, 6.07) is 8.83. The average molecular weight is 179 g/mol. The van der Waals surface area contributed by atoms with Gasteiger partial charge in [-0.2, -0.15) is 0 Å². The van der Waals surface area contributed by atoms with Gasteiger partial charge in [0, 0.05) is 8.80 Å². The van der Waals surface area contributed by atoms with Crippen molar-refractivity contribution in [2.75, 3.05) is 0 Å². The maximum Gasteiger partial charge on any atom is 0.115 e. The highest BCUT2D eigenvalue weighted by atomic mass is 28.3. The van der Waals surface area contributed by atoms with E-state index in [1.54, 1.807) is 12.1 Å². The van der Waals surface area contributed by atoms with Gasteiger partial charge in [0.2, 0.25) is 0 Å². The van der Waals surface area contributed by atoms with Crippen LogP contribution in [0.5, 0.6) is 5.75 Å². The Bertz CT molecular complexity index is 228. The lowest BCUT2D eigenvalue weighted by molar-refractivity contribution is 0.475. The molecule has 0 fully saturated rings. The Balaban J connectivity index is 2.48. The van der Waals surface area contributed by atoms with Crippen molar-refractivity contribution in [2.45, 2.75) is 25.6 Å². The van der Waals surface area contributed by atoms with E-state index < -0.39 is 0 Å². The summed E-state index contributed by atoms with van der Waals surface area (Å²) in [6.45, 7) is 4.65. The van der Waals surface area contributed by atoms with E-state index in [4.69, 9.17) is 5.11 Å². The second kappa shape index (κ2) is 4.31. The van der Waals surface area contributed by atoms with Crippen LogP contribution in [0.15, 0.2) is 24.3 Å². The SMILES string of the molecule is C[Si](C)CCc1ccc(O)cc1. The molecule has 0 spiro atoms. The lowest BCUT2D eigenvalue weighted by atomic mass is 10.2. The number of hydrogen-bond acceptors (Lipinski definition) is 1. The first kappa shape index (κ1) is 9.33. The Morgan fingerprint density at radius 3 is 2.25 bits per heavy atom. The van der Waals surface area contributed by atoms with Gasteiger partial charge in [-0.25, -0.2) is 0 Å². The molecule has 0 aliphatic rings. The van der Waals surface area contributed by atoms with Crippen molar-refractivity contribution in [1.29, 1.82) is 0 Å². The Morgan fingerprint density at radius 1 is 1.17 bits per heavy atom. The number of phenols is 1. The predicted octanol–water partition coefficient (Wildman–Crippen LogP) is 2.69. The molecule has 0 heterocycles. The molecule has 1 N–H and O–H groups in total. The van der Waals surface area contributed by atoms with Gasteiger partial charge in [0.15, 0.2) is 0 Å². The van der Waals surface area contributed by atoms with Crippen molar-refractivity contribution in [3.63, 3.8) is 0 Å². The third-order valence-electron chi connectivity index (χ3n) is 1.85. The lowest BCUT2D eigenvalue weighted by Crippen LogP contribution is -2.00. The summed E-state index contributed by atoms with van der Waals surface area (Å²) in [5.74, 6) is 0.359. The standard InChI is InChI=1S/C10H15OSi/c1-12(2)8-7-9-3-5-10(11)6-4-9/h3-6,11H,7-8H2,1-2H3. The van der Waals surface area contributed by atoms with Crippen LogP contribution in [-0.2, 0) is 6.42 Å². The van der Waals surface area contributed by atoms with Crippen molar-refractivity contribution in [3.05, 3.63) is 29.8 Å². The van der Waals surface area contributed by atoms with E-state index in [-0.39, 0.29) is 8.80 Å². The average Bonchev–Trinajstić information content (AvgIpc) is 2.03. The highest BCUT2D eigenvalue weighted by Crippen LogP contribution is 2.11. The summed E-state index contributed by atoms with van der Waals surface area (Å²) in [5, 5.41) is 9.04. The van der Waals surface area contributed by atoms with Crippen LogP contribution < -0.4 is 0 Å². The quantitative estimate of drug-likeness (QED) is 0.707. The summed E-state index contributed by atoms with van der Waals surface area (Å²) < 4.78 is 0. The monoisotopic (exact) mass is 179 g/mol. The summed E-state index contributed by atoms with van der Waals surface area (Å²) in [7, 11) is -0.105. The normalized spacial score (nSPS) is 10.6. The highest BCUT2D eigenvalue weighted by Gasteiger charge is 1.97. The number of hydrogen-bond donors (Lipinski definition) is 1. The third-order valence-corrected chi connectivity index (χ3v) is 3.10. The van der Waals surface area contributed by atoms with Gasteiger partial charge in [0.25, 0.3) is 0 Å². The summed E-state index contributed by atoms with van der Waals surface area (Å²) in [4.78, 5) is 0. The number of rotatable bonds is 3. The minimum Gasteiger partial charge on any atom is -0.508 e. The van der Waals surface area contributed by atoms with Gasteiger partial charge >= 0.3 is 0 Å². The van der Waals surface area contributed by atoms with Gasteiger partial charge < -0.3 is 5.11 Å². The van der Waals surface area contributed by atoms with Crippen LogP contribution in [-0.4, -0.2) is 13.9 Å². The minimum absolute atomic E-state index is 0.105. The van der Waals surface area contributed by atoms with Crippen LogP contribution in [0.2, 0.25) is 19.1 Å². The Hall–Kier alpha value is -0.763. The van der Waals surface area contributed by atoms with Gasteiger partial charge in [0.1, 0.15) is 5.75 Å². The van der Waals surface area contributed by atoms with E-state index in [2.05, 4.69) is 13.1 Å². The topological polar surface area (TPSA) is 20.2 Å². The molecule has 0 amide bonds. The molecular formula is C10H15OSi. The number of aromatic hydroxyl groups is 1. The van der Waals surface area contributed by atoms with Crippen LogP contribution in [0.4, 0.5) is 0 Å². The fourth-order valence-electron chi connectivity index (χ4n) is 1.06. The first-order valence-corrected chi connectivity index (χ1v) is 6.96. The second-order valence-electron chi connectivity index (χ2n) is 3.37. The van der Waals surface area contributed by atoms with Gasteiger partial charge in [-0.15, -0.1) is 0 Å². The fraction of sp³-hybridized carbons (Fsp3) is 0.400. The molecule has 0 unspecified atom stereocenters. The summed E-state index contributed by atoms with van der Waals surface area (Å²) >= 11 is 0. The molecule has 0 bridgehead atoms. The van der Waals surface area contributed by atoms with Crippen molar-refractivity contribution >= 4 is 8.80 Å². The van der Waals surface area contributed by atoms with Crippen molar-refractivity contribution < 1.29 is 5.11 Å². The van der Waals surface area contributed by atoms with E-state index in [0.29, 0.717) is 5.75 Å². The molecule has 2 heteroatoms. The second-order valence-corrected chi connectivity index (χ2v) is 6.29. The molecule has 0 saturated heterocycles. The van der Waals surface area contributed by atoms with E-state index in [1.807, 2.05) is 12.1 Å². The molecule has 1 aromatic carbocycles. The first-order valence-electron chi connectivity index (χ1n) is 4.25. The third kappa shape index (κ3) is 3.09. The molecule has 0 aromatic heterocycles. The zero-order valence-electron chi connectivity index (χ0n) is 7.67. The molecule has 0 aliphatic heterocycles. The molecule has 1 aromatic rings. The van der Waals surface area contributed by atoms with Crippen LogP contribution in [0.1, 0.15) is 5.56 Å². The number of benzene rings is 1. The molecule has 1 radical (unpaired) electrons. The highest BCUT2D eigenvalue weighted by molar-refractivity contribution is 6.55.